The molecule has 1 aromatic rings. The molecule has 1 aliphatic carbocycles. The van der Waals surface area contributed by atoms with Crippen molar-refractivity contribution in [2.45, 2.75) is 116 Å². The van der Waals surface area contributed by atoms with Crippen LogP contribution >= 0.6 is 11.6 Å². The second kappa shape index (κ2) is 16.3. The van der Waals surface area contributed by atoms with Gasteiger partial charge in [-0.25, -0.2) is 4.79 Å². The van der Waals surface area contributed by atoms with Gasteiger partial charge in [0.15, 0.2) is 5.60 Å². The molecular formula is C35H50ClN5O9. The molecule has 1 saturated heterocycles. The van der Waals surface area contributed by atoms with Gasteiger partial charge >= 0.3 is 6.09 Å². The van der Waals surface area contributed by atoms with Gasteiger partial charge < -0.3 is 39.9 Å². The SMILES string of the molecule is CCC[C@H](NC(=O)[C@@H]1C[C@]2(CC(c3cc(Cl)c(OCC)cc3OC)=NO2)CN1C(=O)[C@@H](NC(=O)OC1CCCC1)C(C)(C)C)C(=O)C(=O)NC. The number of oxime groups is 1. The van der Waals surface area contributed by atoms with E-state index in [1.807, 2.05) is 13.8 Å². The standard InChI is InChI=1S/C35H50ClN5O9/c1-8-12-23(28(42)31(44)37-6)38-30(43)25-18-35(17-24(40-50-35)21-15-22(36)27(48-9-2)16-26(21)47-7)19-41(25)32(45)29(34(3,4)5)39-33(46)49-20-13-10-11-14-20/h15-16,20,23,25,29H,8-14,17-19H2,1-7H3,(H,37,44)(H,38,43)(H,39,46)/t23-,25-,29+,35+/m0/s1. The van der Waals surface area contributed by atoms with E-state index < -0.39 is 58.7 Å². The highest BCUT2D eigenvalue weighted by atomic mass is 35.5. The summed E-state index contributed by atoms with van der Waals surface area (Å²) in [5.41, 5.74) is -0.871. The van der Waals surface area contributed by atoms with Gasteiger partial charge in [0.1, 0.15) is 29.7 Å². The van der Waals surface area contributed by atoms with Gasteiger partial charge in [0.25, 0.3) is 5.91 Å². The number of halogens is 1. The number of likely N-dealkylation sites (N-methyl/N-ethyl adjacent to an activating group) is 1. The third-order valence-electron chi connectivity index (χ3n) is 9.30. The molecule has 276 valence electrons. The fraction of sp³-hybridized carbons (Fsp3) is 0.657. The molecule has 4 rings (SSSR count). The van der Waals surface area contributed by atoms with Crippen LogP contribution in [0.3, 0.4) is 0 Å². The largest absolute Gasteiger partial charge is 0.496 e. The van der Waals surface area contributed by atoms with E-state index >= 15 is 0 Å². The minimum atomic E-state index is -1.14. The summed E-state index contributed by atoms with van der Waals surface area (Å²) >= 11 is 6.52. The number of likely N-dealkylation sites (tertiary alicyclic amines) is 1. The molecule has 0 radical (unpaired) electrons. The third-order valence-corrected chi connectivity index (χ3v) is 9.60. The maximum Gasteiger partial charge on any atom is 0.408 e. The molecule has 15 heteroatoms. The monoisotopic (exact) mass is 719 g/mol. The van der Waals surface area contributed by atoms with Crippen LogP contribution in [0, 0.1) is 5.41 Å². The van der Waals surface area contributed by atoms with Crippen molar-refractivity contribution in [3.8, 4) is 11.5 Å². The number of nitrogens with one attached hydrogen (secondary N) is 3. The van der Waals surface area contributed by atoms with Gasteiger partial charge in [0.05, 0.1) is 37.0 Å². The van der Waals surface area contributed by atoms with Crippen LogP contribution in [-0.2, 0) is 28.8 Å². The highest BCUT2D eigenvalue weighted by Crippen LogP contribution is 2.42. The minimum Gasteiger partial charge on any atom is -0.496 e. The lowest BCUT2D eigenvalue weighted by atomic mass is 9.85. The molecule has 0 aromatic heterocycles. The molecule has 50 heavy (non-hydrogen) atoms. The van der Waals surface area contributed by atoms with E-state index in [2.05, 4.69) is 21.1 Å². The summed E-state index contributed by atoms with van der Waals surface area (Å²) in [6.07, 6.45) is 3.45. The second-order valence-electron chi connectivity index (χ2n) is 14.1. The van der Waals surface area contributed by atoms with Crippen LogP contribution in [0.5, 0.6) is 11.5 Å². The Morgan fingerprint density at radius 2 is 1.80 bits per heavy atom. The number of nitrogens with zero attached hydrogens (tertiary/aromatic N) is 2. The Hall–Kier alpha value is -4.07. The van der Waals surface area contributed by atoms with Gasteiger partial charge in [0.2, 0.25) is 17.6 Å². The first-order chi connectivity index (χ1) is 23.7. The number of Topliss-reactive ketones (excluding diaryl/α,β-unsaturated/α-hetero) is 1. The van der Waals surface area contributed by atoms with Crippen molar-refractivity contribution in [3.05, 3.63) is 22.7 Å². The Balaban J connectivity index is 1.65. The zero-order valence-electron chi connectivity index (χ0n) is 30.0. The number of hydrogen-bond donors (Lipinski definition) is 3. The molecule has 14 nitrogen and oxygen atoms in total. The molecule has 1 spiro atoms. The van der Waals surface area contributed by atoms with Crippen LogP contribution in [-0.4, -0.2) is 97.3 Å². The molecule has 2 heterocycles. The van der Waals surface area contributed by atoms with Gasteiger partial charge in [-0.05, 0) is 50.5 Å². The molecule has 2 fully saturated rings. The summed E-state index contributed by atoms with van der Waals surface area (Å²) in [4.78, 5) is 74.2. The van der Waals surface area contributed by atoms with Crippen molar-refractivity contribution < 1.29 is 43.0 Å². The molecular weight excluding hydrogens is 670 g/mol. The van der Waals surface area contributed by atoms with Crippen molar-refractivity contribution in [1.82, 2.24) is 20.9 Å². The van der Waals surface area contributed by atoms with Crippen molar-refractivity contribution in [2.24, 2.45) is 10.6 Å². The fourth-order valence-electron chi connectivity index (χ4n) is 6.70. The summed E-state index contributed by atoms with van der Waals surface area (Å²) < 4.78 is 16.9. The van der Waals surface area contributed by atoms with Gasteiger partial charge in [-0.15, -0.1) is 0 Å². The van der Waals surface area contributed by atoms with Crippen LogP contribution < -0.4 is 25.4 Å². The highest BCUT2D eigenvalue weighted by Gasteiger charge is 2.56. The number of hydrogen-bond acceptors (Lipinski definition) is 10. The third kappa shape index (κ3) is 8.80. The first-order valence-corrected chi connectivity index (χ1v) is 17.6. The van der Waals surface area contributed by atoms with E-state index in [0.29, 0.717) is 40.8 Å². The first-order valence-electron chi connectivity index (χ1n) is 17.3. The predicted octanol–water partition coefficient (Wildman–Crippen LogP) is 3.89. The van der Waals surface area contributed by atoms with Crippen molar-refractivity contribution in [2.75, 3.05) is 27.3 Å². The van der Waals surface area contributed by atoms with Crippen molar-refractivity contribution >= 4 is 46.9 Å². The molecule has 3 aliphatic rings. The molecule has 4 amide bonds. The van der Waals surface area contributed by atoms with E-state index in [4.69, 9.17) is 30.6 Å². The summed E-state index contributed by atoms with van der Waals surface area (Å²) in [6.45, 7) is 9.43. The average molecular weight is 720 g/mol. The lowest BCUT2D eigenvalue weighted by Crippen LogP contribution is -2.59. The average Bonchev–Trinajstić information content (AvgIpc) is 3.83. The van der Waals surface area contributed by atoms with Gasteiger partial charge in [-0.3, -0.25) is 19.2 Å². The van der Waals surface area contributed by atoms with Crippen LogP contribution in [0.4, 0.5) is 4.79 Å². The molecule has 3 N–H and O–H groups in total. The van der Waals surface area contributed by atoms with Gasteiger partial charge in [-0.1, -0.05) is 50.9 Å². The quantitative estimate of drug-likeness (QED) is 0.256. The van der Waals surface area contributed by atoms with E-state index in [9.17, 15) is 24.0 Å². The topological polar surface area (TPSA) is 174 Å². The number of amides is 4. The highest BCUT2D eigenvalue weighted by molar-refractivity contribution is 6.38. The Morgan fingerprint density at radius 3 is 2.40 bits per heavy atom. The Labute approximate surface area is 298 Å². The molecule has 2 aliphatic heterocycles. The summed E-state index contributed by atoms with van der Waals surface area (Å²) in [6, 6.07) is 0.0243. The minimum absolute atomic E-state index is 0.0149. The maximum atomic E-state index is 14.5. The summed E-state index contributed by atoms with van der Waals surface area (Å²) in [7, 11) is 2.85. The maximum absolute atomic E-state index is 14.5. The number of carbonyl (C=O) groups excluding carboxylic acids is 5. The Kier molecular flexibility index (Phi) is 12.6. The number of alkyl carbamates (subject to hydrolysis) is 1. The molecule has 4 atom stereocenters. The number of carbonyl (C=O) groups is 5. The first kappa shape index (κ1) is 38.7. The van der Waals surface area contributed by atoms with Crippen LogP contribution in [0.1, 0.15) is 91.5 Å². The lowest BCUT2D eigenvalue weighted by Gasteiger charge is -2.35. The zero-order chi connectivity index (χ0) is 36.8. The lowest BCUT2D eigenvalue weighted by molar-refractivity contribution is -0.144. The van der Waals surface area contributed by atoms with E-state index in [1.54, 1.807) is 32.9 Å². The fourth-order valence-corrected chi connectivity index (χ4v) is 6.92. The zero-order valence-corrected chi connectivity index (χ0v) is 30.7. The number of rotatable bonds is 13. The normalized spacial score (nSPS) is 21.6. The van der Waals surface area contributed by atoms with E-state index in [1.165, 1.54) is 19.1 Å². The summed E-state index contributed by atoms with van der Waals surface area (Å²) in [5.74, 6) is -1.90. The van der Waals surface area contributed by atoms with Crippen LogP contribution in [0.15, 0.2) is 17.3 Å². The molecule has 0 unspecified atom stereocenters. The van der Waals surface area contributed by atoms with Gasteiger partial charge in [0, 0.05) is 31.5 Å². The smallest absolute Gasteiger partial charge is 0.408 e. The number of ether oxygens (including phenoxy) is 3. The molecule has 1 saturated carbocycles. The second-order valence-corrected chi connectivity index (χ2v) is 14.5. The predicted molar refractivity (Wildman–Crippen MR) is 185 cm³/mol. The van der Waals surface area contributed by atoms with Crippen molar-refractivity contribution in [3.63, 3.8) is 0 Å². The van der Waals surface area contributed by atoms with Crippen LogP contribution in [0.2, 0.25) is 5.02 Å². The Bertz CT molecular complexity index is 1490. The van der Waals surface area contributed by atoms with E-state index in [0.717, 1.165) is 25.7 Å². The number of ketones is 1. The van der Waals surface area contributed by atoms with Crippen molar-refractivity contribution in [1.29, 1.82) is 0 Å². The van der Waals surface area contributed by atoms with Gasteiger partial charge in [-0.2, -0.15) is 0 Å². The number of methoxy groups -OCH3 is 1. The number of benzene rings is 1. The van der Waals surface area contributed by atoms with E-state index in [-0.39, 0.29) is 31.9 Å². The Morgan fingerprint density at radius 1 is 1.10 bits per heavy atom. The van der Waals surface area contributed by atoms with Crippen LogP contribution in [0.25, 0.3) is 0 Å². The molecule has 1 aromatic carbocycles. The molecule has 0 bridgehead atoms. The summed E-state index contributed by atoms with van der Waals surface area (Å²) in [5, 5.41) is 12.5.